The Kier molecular flexibility index (Phi) is 3.96. The zero-order chi connectivity index (χ0) is 14.0. The Morgan fingerprint density at radius 3 is 2.89 bits per heavy atom. The van der Waals surface area contributed by atoms with Gasteiger partial charge >= 0.3 is 0 Å². The average molecular weight is 297 g/mol. The van der Waals surface area contributed by atoms with Crippen LogP contribution in [0.5, 0.6) is 0 Å². The zero-order valence-corrected chi connectivity index (χ0v) is 11.8. The second kappa shape index (κ2) is 5.50. The lowest BCUT2D eigenvalue weighted by Gasteiger charge is -2.05. The number of hydrogen-bond acceptors (Lipinski definition) is 4. The minimum atomic E-state index is -0.412. The van der Waals surface area contributed by atoms with Gasteiger partial charge < -0.3 is 15.6 Å². The number of rotatable bonds is 3. The SMILES string of the molecule is CCn1c(N)c(C(=O)Nc2cccc(F)c2)sc1=S. The van der Waals surface area contributed by atoms with Crippen molar-refractivity contribution in [3.8, 4) is 0 Å². The Hall–Kier alpha value is -1.73. The average Bonchev–Trinajstić information content (AvgIpc) is 2.64. The fourth-order valence-electron chi connectivity index (χ4n) is 1.63. The zero-order valence-electron chi connectivity index (χ0n) is 10.1. The normalized spacial score (nSPS) is 10.4. The molecule has 4 nitrogen and oxygen atoms in total. The van der Waals surface area contributed by atoms with Crippen LogP contribution in [-0.4, -0.2) is 10.5 Å². The number of thiazole rings is 1. The van der Waals surface area contributed by atoms with Crippen LogP contribution in [0.15, 0.2) is 24.3 Å². The van der Waals surface area contributed by atoms with Gasteiger partial charge in [-0.1, -0.05) is 17.4 Å². The standard InChI is InChI=1S/C12H12FN3OS2/c1-2-16-10(14)9(19-12(16)18)11(17)15-8-5-3-4-7(13)6-8/h3-6H,2,14H2,1H3,(H,15,17). The highest BCUT2D eigenvalue weighted by atomic mass is 32.1. The van der Waals surface area contributed by atoms with E-state index in [1.165, 1.54) is 18.2 Å². The largest absolute Gasteiger partial charge is 0.384 e. The molecule has 19 heavy (non-hydrogen) atoms. The number of benzene rings is 1. The number of nitrogens with one attached hydrogen (secondary N) is 1. The molecule has 7 heteroatoms. The Balaban J connectivity index is 2.28. The number of nitrogens with zero attached hydrogens (tertiary/aromatic N) is 1. The molecule has 0 bridgehead atoms. The van der Waals surface area contributed by atoms with Crippen LogP contribution < -0.4 is 11.1 Å². The Morgan fingerprint density at radius 1 is 1.58 bits per heavy atom. The van der Waals surface area contributed by atoms with Gasteiger partial charge in [-0.3, -0.25) is 4.79 Å². The first-order valence-corrected chi connectivity index (χ1v) is 6.81. The van der Waals surface area contributed by atoms with Crippen LogP contribution in [0.2, 0.25) is 0 Å². The van der Waals surface area contributed by atoms with Crippen LogP contribution in [0.25, 0.3) is 0 Å². The van der Waals surface area contributed by atoms with Crippen molar-refractivity contribution >= 4 is 41.0 Å². The van der Waals surface area contributed by atoms with E-state index in [2.05, 4.69) is 5.32 Å². The van der Waals surface area contributed by atoms with Crippen LogP contribution in [0, 0.1) is 9.77 Å². The van der Waals surface area contributed by atoms with Gasteiger partial charge in [0.1, 0.15) is 16.5 Å². The van der Waals surface area contributed by atoms with E-state index in [4.69, 9.17) is 18.0 Å². The summed E-state index contributed by atoms with van der Waals surface area (Å²) < 4.78 is 15.3. The second-order valence-corrected chi connectivity index (χ2v) is 5.44. The molecule has 1 heterocycles. The van der Waals surface area contributed by atoms with Gasteiger partial charge in [0.05, 0.1) is 0 Å². The van der Waals surface area contributed by atoms with Crippen molar-refractivity contribution in [1.29, 1.82) is 0 Å². The van der Waals surface area contributed by atoms with Crippen LogP contribution >= 0.6 is 23.6 Å². The highest BCUT2D eigenvalue weighted by molar-refractivity contribution is 7.73. The molecule has 0 unspecified atom stereocenters. The highest BCUT2D eigenvalue weighted by Gasteiger charge is 2.16. The number of amides is 1. The predicted molar refractivity (Wildman–Crippen MR) is 77.6 cm³/mol. The van der Waals surface area contributed by atoms with E-state index >= 15 is 0 Å². The highest BCUT2D eigenvalue weighted by Crippen LogP contribution is 2.23. The molecule has 0 saturated carbocycles. The van der Waals surface area contributed by atoms with Gasteiger partial charge in [0, 0.05) is 12.2 Å². The molecule has 0 aliphatic rings. The lowest BCUT2D eigenvalue weighted by Crippen LogP contribution is -2.13. The maximum atomic E-state index is 13.0. The molecule has 0 radical (unpaired) electrons. The molecule has 0 aliphatic heterocycles. The fraction of sp³-hybridized carbons (Fsp3) is 0.167. The maximum Gasteiger partial charge on any atom is 0.269 e. The van der Waals surface area contributed by atoms with Gasteiger partial charge in [0.2, 0.25) is 0 Å². The van der Waals surface area contributed by atoms with Gasteiger partial charge in [-0.05, 0) is 37.3 Å². The first kappa shape index (κ1) is 13.7. The third-order valence-corrected chi connectivity index (χ3v) is 4.00. The molecule has 0 fully saturated rings. The minimum Gasteiger partial charge on any atom is -0.384 e. The maximum absolute atomic E-state index is 13.0. The summed E-state index contributed by atoms with van der Waals surface area (Å²) in [6.45, 7) is 2.50. The second-order valence-electron chi connectivity index (χ2n) is 3.79. The molecular weight excluding hydrogens is 285 g/mol. The number of aromatic nitrogens is 1. The molecule has 1 amide bonds. The van der Waals surface area contributed by atoms with Crippen molar-refractivity contribution in [2.24, 2.45) is 0 Å². The van der Waals surface area contributed by atoms with Crippen LogP contribution in [0.1, 0.15) is 16.6 Å². The van der Waals surface area contributed by atoms with E-state index in [0.717, 1.165) is 11.3 Å². The topological polar surface area (TPSA) is 60.0 Å². The number of carbonyl (C=O) groups excluding carboxylic acids is 1. The molecule has 1 aromatic heterocycles. The summed E-state index contributed by atoms with van der Waals surface area (Å²) in [7, 11) is 0. The molecule has 2 rings (SSSR count). The molecule has 2 aromatic rings. The third kappa shape index (κ3) is 2.82. The van der Waals surface area contributed by atoms with Crippen molar-refractivity contribution in [2.45, 2.75) is 13.5 Å². The minimum absolute atomic E-state index is 0.339. The van der Waals surface area contributed by atoms with Crippen LogP contribution in [0.3, 0.4) is 0 Å². The monoisotopic (exact) mass is 297 g/mol. The lowest BCUT2D eigenvalue weighted by molar-refractivity contribution is 0.103. The van der Waals surface area contributed by atoms with Crippen LogP contribution in [0.4, 0.5) is 15.9 Å². The van der Waals surface area contributed by atoms with E-state index in [1.807, 2.05) is 6.92 Å². The summed E-state index contributed by atoms with van der Waals surface area (Å²) >= 11 is 6.27. The quantitative estimate of drug-likeness (QED) is 0.855. The number of halogens is 1. The molecule has 100 valence electrons. The fourth-order valence-corrected chi connectivity index (χ4v) is 2.98. The number of nitrogen functional groups attached to an aromatic ring is 1. The third-order valence-electron chi connectivity index (χ3n) is 2.54. The summed E-state index contributed by atoms with van der Waals surface area (Å²) in [6, 6.07) is 5.67. The Morgan fingerprint density at radius 2 is 2.32 bits per heavy atom. The van der Waals surface area contributed by atoms with Crippen LogP contribution in [-0.2, 0) is 6.54 Å². The van der Waals surface area contributed by atoms with E-state index in [9.17, 15) is 9.18 Å². The molecule has 0 aliphatic carbocycles. The lowest BCUT2D eigenvalue weighted by atomic mass is 10.3. The van der Waals surface area contributed by atoms with Crippen molar-refractivity contribution in [2.75, 3.05) is 11.1 Å². The van der Waals surface area contributed by atoms with Crippen molar-refractivity contribution in [3.63, 3.8) is 0 Å². The Bertz CT molecular complexity index is 678. The van der Waals surface area contributed by atoms with E-state index in [1.54, 1.807) is 10.6 Å². The Labute approximate surface area is 118 Å². The molecule has 1 aromatic carbocycles. The van der Waals surface area contributed by atoms with Gasteiger partial charge in [-0.25, -0.2) is 4.39 Å². The van der Waals surface area contributed by atoms with E-state index < -0.39 is 5.82 Å². The van der Waals surface area contributed by atoms with E-state index in [-0.39, 0.29) is 5.91 Å². The van der Waals surface area contributed by atoms with Crippen molar-refractivity contribution in [3.05, 3.63) is 38.9 Å². The number of hydrogen-bond donors (Lipinski definition) is 2. The van der Waals surface area contributed by atoms with E-state index in [0.29, 0.717) is 26.9 Å². The first-order chi connectivity index (χ1) is 9.02. The smallest absolute Gasteiger partial charge is 0.269 e. The van der Waals surface area contributed by atoms with Gasteiger partial charge in [-0.15, -0.1) is 0 Å². The number of anilines is 2. The van der Waals surface area contributed by atoms with Gasteiger partial charge in [0.15, 0.2) is 3.95 Å². The summed E-state index contributed by atoms with van der Waals surface area (Å²) in [5, 5.41) is 2.60. The summed E-state index contributed by atoms with van der Waals surface area (Å²) in [4.78, 5) is 12.4. The molecule has 0 saturated heterocycles. The molecule has 0 atom stereocenters. The van der Waals surface area contributed by atoms with Gasteiger partial charge in [-0.2, -0.15) is 0 Å². The number of carbonyl (C=O) groups is 1. The van der Waals surface area contributed by atoms with Crippen molar-refractivity contribution < 1.29 is 9.18 Å². The summed E-state index contributed by atoms with van der Waals surface area (Å²) in [5.74, 6) is -0.456. The predicted octanol–water partition coefficient (Wildman–Crippen LogP) is 3.27. The summed E-state index contributed by atoms with van der Waals surface area (Å²) in [5.41, 5.74) is 6.25. The first-order valence-electron chi connectivity index (χ1n) is 5.59. The number of nitrogens with two attached hydrogens (primary N) is 1. The van der Waals surface area contributed by atoms with Gasteiger partial charge in [0.25, 0.3) is 5.91 Å². The molecular formula is C12H12FN3OS2. The molecule has 3 N–H and O–H groups in total. The summed E-state index contributed by atoms with van der Waals surface area (Å²) in [6.07, 6.45) is 0. The molecule has 0 spiro atoms. The van der Waals surface area contributed by atoms with Crippen molar-refractivity contribution in [1.82, 2.24) is 4.57 Å².